The van der Waals surface area contributed by atoms with E-state index in [9.17, 15) is 15.3 Å². The molecule has 0 spiro atoms. The molecule has 39 heavy (non-hydrogen) atoms. The van der Waals surface area contributed by atoms with E-state index in [-0.39, 0.29) is 0 Å². The number of aliphatic hydroxyl groups is 3. The van der Waals surface area contributed by atoms with Crippen molar-refractivity contribution in [3.63, 3.8) is 0 Å². The quantitative estimate of drug-likeness (QED) is 0.333. The van der Waals surface area contributed by atoms with E-state index in [4.69, 9.17) is 19.1 Å². The van der Waals surface area contributed by atoms with E-state index in [2.05, 4.69) is 15.2 Å². The van der Waals surface area contributed by atoms with Crippen molar-refractivity contribution in [2.75, 3.05) is 23.9 Å². The van der Waals surface area contributed by atoms with Crippen molar-refractivity contribution < 1.29 is 24.5 Å². The lowest BCUT2D eigenvalue weighted by molar-refractivity contribution is -0.0601. The Kier molecular flexibility index (Phi) is 7.47. The topological polar surface area (TPSA) is 137 Å². The summed E-state index contributed by atoms with van der Waals surface area (Å²) in [7, 11) is 2.03. The van der Waals surface area contributed by atoms with Gasteiger partial charge in [0.05, 0.1) is 41.3 Å². The molecular formula is C29H41N5O5. The van der Waals surface area contributed by atoms with Crippen LogP contribution in [0.5, 0.6) is 5.88 Å². The number of aliphatic hydroxyl groups excluding tert-OH is 2. The van der Waals surface area contributed by atoms with Crippen LogP contribution in [0.25, 0.3) is 22.3 Å². The first-order valence-electron chi connectivity index (χ1n) is 14.0. The minimum Gasteiger partial charge on any atom is -0.478 e. The van der Waals surface area contributed by atoms with Gasteiger partial charge in [0.1, 0.15) is 17.7 Å². The number of pyridine rings is 1. The third-order valence-corrected chi connectivity index (χ3v) is 8.36. The first-order valence-corrected chi connectivity index (χ1v) is 14.0. The fourth-order valence-corrected chi connectivity index (χ4v) is 6.15. The second kappa shape index (κ2) is 10.6. The fraction of sp³-hybridized carbons (Fsp3) is 0.621. The van der Waals surface area contributed by atoms with Gasteiger partial charge in [0, 0.05) is 30.5 Å². The Morgan fingerprint density at radius 1 is 1.08 bits per heavy atom. The Hall–Kier alpha value is -2.95. The number of ether oxygens (including phenoxy) is 1. The summed E-state index contributed by atoms with van der Waals surface area (Å²) in [5, 5.41) is 36.6. The van der Waals surface area contributed by atoms with E-state index in [1.807, 2.05) is 40.0 Å². The van der Waals surface area contributed by atoms with Crippen molar-refractivity contribution in [3.05, 3.63) is 23.5 Å². The van der Waals surface area contributed by atoms with Gasteiger partial charge in [-0.3, -0.25) is 0 Å². The van der Waals surface area contributed by atoms with E-state index >= 15 is 0 Å². The summed E-state index contributed by atoms with van der Waals surface area (Å²) < 4.78 is 12.0. The van der Waals surface area contributed by atoms with Gasteiger partial charge in [0.15, 0.2) is 5.58 Å². The molecule has 0 saturated heterocycles. The summed E-state index contributed by atoms with van der Waals surface area (Å²) in [5.74, 6) is 1.74. The zero-order chi connectivity index (χ0) is 28.1. The van der Waals surface area contributed by atoms with Crippen molar-refractivity contribution in [2.45, 2.75) is 96.6 Å². The minimum atomic E-state index is -1.14. The van der Waals surface area contributed by atoms with Gasteiger partial charge >= 0.3 is 0 Å². The smallest absolute Gasteiger partial charge is 0.227 e. The van der Waals surface area contributed by atoms with Gasteiger partial charge in [-0.1, -0.05) is 12.8 Å². The number of hydrogen-bond acceptors (Lipinski definition) is 10. The zero-order valence-electron chi connectivity index (χ0n) is 23.7. The highest BCUT2D eigenvalue weighted by Crippen LogP contribution is 2.40. The monoisotopic (exact) mass is 539 g/mol. The highest BCUT2D eigenvalue weighted by atomic mass is 16.5. The third kappa shape index (κ3) is 5.29. The Morgan fingerprint density at radius 3 is 2.44 bits per heavy atom. The van der Waals surface area contributed by atoms with Crippen LogP contribution >= 0.6 is 0 Å². The van der Waals surface area contributed by atoms with Crippen LogP contribution in [0.4, 0.5) is 11.8 Å². The van der Waals surface area contributed by atoms with E-state index in [1.165, 1.54) is 12.8 Å². The highest BCUT2D eigenvalue weighted by molar-refractivity contribution is 5.88. The maximum absolute atomic E-state index is 10.9. The normalized spacial score (nSPS) is 24.0. The molecule has 3 heterocycles. The number of nitrogens with one attached hydrogen (secondary N) is 1. The van der Waals surface area contributed by atoms with Crippen molar-refractivity contribution in [3.8, 4) is 17.2 Å². The van der Waals surface area contributed by atoms with Gasteiger partial charge in [0.2, 0.25) is 11.8 Å². The van der Waals surface area contributed by atoms with Gasteiger partial charge in [-0.25, -0.2) is 9.97 Å². The minimum absolute atomic E-state index is 0.374. The summed E-state index contributed by atoms with van der Waals surface area (Å²) in [6.45, 7) is 9.56. The molecule has 4 N–H and O–H groups in total. The van der Waals surface area contributed by atoms with Crippen molar-refractivity contribution in [1.29, 1.82) is 0 Å². The van der Waals surface area contributed by atoms with E-state index in [0.29, 0.717) is 53.6 Å². The molecular weight excluding hydrogens is 498 g/mol. The van der Waals surface area contributed by atoms with Crippen LogP contribution in [0, 0.1) is 19.8 Å². The molecule has 2 aliphatic carbocycles. The van der Waals surface area contributed by atoms with Crippen molar-refractivity contribution in [2.24, 2.45) is 5.92 Å². The summed E-state index contributed by atoms with van der Waals surface area (Å²) in [5.41, 5.74) is 1.64. The molecule has 0 aliphatic heterocycles. The molecule has 0 aromatic carbocycles. The molecule has 10 nitrogen and oxygen atoms in total. The summed E-state index contributed by atoms with van der Waals surface area (Å²) in [4.78, 5) is 16.5. The van der Waals surface area contributed by atoms with E-state index in [1.54, 1.807) is 13.8 Å². The summed E-state index contributed by atoms with van der Waals surface area (Å²) in [6.07, 6.45) is 2.83. The van der Waals surface area contributed by atoms with Gasteiger partial charge in [-0.2, -0.15) is 4.98 Å². The number of hydrogen-bond donors (Lipinski definition) is 4. The van der Waals surface area contributed by atoms with Crippen LogP contribution < -0.4 is 15.0 Å². The number of aryl methyl sites for hydroxylation is 2. The molecule has 5 rings (SSSR count). The molecule has 3 aromatic heterocycles. The van der Waals surface area contributed by atoms with Crippen molar-refractivity contribution >= 4 is 22.7 Å². The van der Waals surface area contributed by atoms with Gasteiger partial charge in [-0.05, 0) is 59.9 Å². The van der Waals surface area contributed by atoms with Gasteiger partial charge in [0.25, 0.3) is 0 Å². The second-order valence-electron chi connectivity index (χ2n) is 11.6. The molecule has 212 valence electrons. The van der Waals surface area contributed by atoms with Crippen molar-refractivity contribution in [1.82, 2.24) is 15.0 Å². The molecule has 2 fully saturated rings. The van der Waals surface area contributed by atoms with Crippen LogP contribution in [0.15, 0.2) is 16.5 Å². The number of furan rings is 1. The van der Waals surface area contributed by atoms with Crippen LogP contribution in [0.2, 0.25) is 0 Å². The number of fused-ring (bicyclic) bond motifs is 1. The first kappa shape index (κ1) is 27.6. The number of anilines is 2. The van der Waals surface area contributed by atoms with E-state index in [0.717, 1.165) is 29.6 Å². The Bertz CT molecular complexity index is 1330. The lowest BCUT2D eigenvalue weighted by Gasteiger charge is -2.28. The van der Waals surface area contributed by atoms with Crippen LogP contribution in [-0.2, 0) is 0 Å². The van der Waals surface area contributed by atoms with E-state index < -0.39 is 29.8 Å². The lowest BCUT2D eigenvalue weighted by atomic mass is 9.88. The molecule has 0 unspecified atom stereocenters. The maximum atomic E-state index is 10.9. The molecule has 2 aliphatic rings. The van der Waals surface area contributed by atoms with Gasteiger partial charge < -0.3 is 34.7 Å². The average molecular weight is 540 g/mol. The fourth-order valence-electron chi connectivity index (χ4n) is 6.15. The first-order chi connectivity index (χ1) is 18.5. The van der Waals surface area contributed by atoms with Crippen LogP contribution in [0.1, 0.15) is 64.3 Å². The molecule has 2 saturated carbocycles. The van der Waals surface area contributed by atoms with Crippen LogP contribution in [0.3, 0.4) is 0 Å². The largest absolute Gasteiger partial charge is 0.478 e. The summed E-state index contributed by atoms with van der Waals surface area (Å²) in [6, 6.07) is 3.64. The lowest BCUT2D eigenvalue weighted by Crippen LogP contribution is -2.40. The molecule has 0 bridgehead atoms. The number of aromatic nitrogens is 3. The standard InChI is InChI=1S/C29H41N5O5/c1-7-38-22-13-17-12-21(39-26(17)16(3)30-22)23-15(2)31-28(34(6)18-10-8-9-11-18)33-27(23)32-20-14-19(29(4,5)37)24(35)25(20)36/h12-13,18-20,24-25,35-37H,7-11,14H2,1-6H3,(H,31,32,33)/t19-,20+,24+,25-/m0/s1. The maximum Gasteiger partial charge on any atom is 0.227 e. The molecule has 0 radical (unpaired) electrons. The Morgan fingerprint density at radius 2 is 1.79 bits per heavy atom. The van der Waals surface area contributed by atoms with Crippen LogP contribution in [-0.4, -0.2) is 73.8 Å². The Balaban J connectivity index is 1.58. The SMILES string of the molecule is CCOc1cc2cc(-c3c(C)nc(N(C)C4CCCC4)nc3N[C@@H]3C[C@H](C(C)(C)O)[C@@H](O)[C@H]3O)oc2c(C)n1. The second-order valence-corrected chi connectivity index (χ2v) is 11.6. The highest BCUT2D eigenvalue weighted by Gasteiger charge is 2.48. The molecule has 0 amide bonds. The number of nitrogens with zero attached hydrogens (tertiary/aromatic N) is 4. The Labute approximate surface area is 229 Å². The van der Waals surface area contributed by atoms with Gasteiger partial charge in [-0.15, -0.1) is 0 Å². The summed E-state index contributed by atoms with van der Waals surface area (Å²) >= 11 is 0. The predicted octanol–water partition coefficient (Wildman–Crippen LogP) is 3.97. The molecule has 3 aromatic rings. The number of rotatable bonds is 8. The average Bonchev–Trinajstić information content (AvgIpc) is 3.60. The predicted molar refractivity (Wildman–Crippen MR) is 150 cm³/mol. The zero-order valence-corrected chi connectivity index (χ0v) is 23.7. The molecule has 4 atom stereocenters. The molecule has 10 heteroatoms. The third-order valence-electron chi connectivity index (χ3n) is 8.36.